The standard InChI is InChI=1S/C24H23N3O4S2/c1-26(14-17-7-6-12-32-17)22(28)15-33-24-25-19-9-5-4-8-18(19)23(29)27(24)16-10-11-20(30-2)21(13-16)31-3/h4-13H,14-15H2,1-3H3. The van der Waals surface area contributed by atoms with Gasteiger partial charge in [0.25, 0.3) is 5.56 Å². The van der Waals surface area contributed by atoms with Gasteiger partial charge in [0, 0.05) is 18.0 Å². The molecule has 1 amide bonds. The highest BCUT2D eigenvalue weighted by Crippen LogP contribution is 2.30. The van der Waals surface area contributed by atoms with E-state index in [1.54, 1.807) is 73.9 Å². The minimum atomic E-state index is -0.213. The fourth-order valence-electron chi connectivity index (χ4n) is 3.36. The van der Waals surface area contributed by atoms with Gasteiger partial charge in [-0.3, -0.25) is 14.2 Å². The van der Waals surface area contributed by atoms with E-state index in [4.69, 9.17) is 14.5 Å². The summed E-state index contributed by atoms with van der Waals surface area (Å²) in [6.45, 7) is 0.546. The normalized spacial score (nSPS) is 10.9. The van der Waals surface area contributed by atoms with Crippen LogP contribution in [0.2, 0.25) is 0 Å². The highest BCUT2D eigenvalue weighted by molar-refractivity contribution is 7.99. The van der Waals surface area contributed by atoms with Crippen molar-refractivity contribution in [2.75, 3.05) is 27.0 Å². The van der Waals surface area contributed by atoms with Crippen LogP contribution >= 0.6 is 23.1 Å². The van der Waals surface area contributed by atoms with Gasteiger partial charge in [-0.05, 0) is 35.7 Å². The summed E-state index contributed by atoms with van der Waals surface area (Å²) >= 11 is 2.85. The average Bonchev–Trinajstić information content (AvgIpc) is 3.35. The smallest absolute Gasteiger partial charge is 0.266 e. The van der Waals surface area contributed by atoms with Gasteiger partial charge in [-0.2, -0.15) is 0 Å². The number of carbonyl (C=O) groups is 1. The molecule has 33 heavy (non-hydrogen) atoms. The van der Waals surface area contributed by atoms with Crippen LogP contribution in [0, 0.1) is 0 Å². The van der Waals surface area contributed by atoms with Crippen LogP contribution in [-0.2, 0) is 11.3 Å². The molecular formula is C24H23N3O4S2. The van der Waals surface area contributed by atoms with E-state index in [0.29, 0.717) is 39.8 Å². The lowest BCUT2D eigenvalue weighted by molar-refractivity contribution is -0.127. The number of hydrogen-bond acceptors (Lipinski definition) is 7. The van der Waals surface area contributed by atoms with Crippen molar-refractivity contribution in [1.82, 2.24) is 14.5 Å². The number of fused-ring (bicyclic) bond motifs is 1. The molecule has 0 bridgehead atoms. The molecule has 2 aromatic heterocycles. The summed E-state index contributed by atoms with van der Waals surface area (Å²) in [5.41, 5.74) is 0.952. The number of aromatic nitrogens is 2. The number of thiophene rings is 1. The molecule has 2 aromatic carbocycles. The molecule has 0 N–H and O–H groups in total. The third kappa shape index (κ3) is 4.89. The Kier molecular flexibility index (Phi) is 7.00. The number of ether oxygens (including phenoxy) is 2. The van der Waals surface area contributed by atoms with E-state index in [1.165, 1.54) is 16.3 Å². The van der Waals surface area contributed by atoms with Gasteiger partial charge in [-0.1, -0.05) is 30.0 Å². The molecule has 9 heteroatoms. The highest BCUT2D eigenvalue weighted by atomic mass is 32.2. The van der Waals surface area contributed by atoms with Crippen LogP contribution in [-0.4, -0.2) is 47.4 Å². The molecule has 0 radical (unpaired) electrons. The Labute approximate surface area is 199 Å². The zero-order chi connectivity index (χ0) is 23.4. The Bertz CT molecular complexity index is 1340. The first-order chi connectivity index (χ1) is 16.0. The molecule has 0 aliphatic carbocycles. The second-order valence-electron chi connectivity index (χ2n) is 7.21. The first-order valence-electron chi connectivity index (χ1n) is 10.1. The van der Waals surface area contributed by atoms with Crippen LogP contribution in [0.3, 0.4) is 0 Å². The Balaban J connectivity index is 1.70. The van der Waals surface area contributed by atoms with E-state index in [2.05, 4.69) is 0 Å². The fraction of sp³-hybridized carbons (Fsp3) is 0.208. The number of carbonyl (C=O) groups excluding carboxylic acids is 1. The third-order valence-electron chi connectivity index (χ3n) is 5.09. The van der Waals surface area contributed by atoms with E-state index in [1.807, 2.05) is 23.6 Å². The second-order valence-corrected chi connectivity index (χ2v) is 9.18. The van der Waals surface area contributed by atoms with Crippen LogP contribution in [0.1, 0.15) is 4.88 Å². The molecule has 0 aliphatic heterocycles. The van der Waals surface area contributed by atoms with Crippen molar-refractivity contribution >= 4 is 39.9 Å². The van der Waals surface area contributed by atoms with Crippen molar-refractivity contribution in [2.45, 2.75) is 11.7 Å². The molecule has 4 rings (SSSR count). The maximum atomic E-state index is 13.4. The van der Waals surface area contributed by atoms with Gasteiger partial charge in [0.1, 0.15) is 0 Å². The minimum Gasteiger partial charge on any atom is -0.493 e. The van der Waals surface area contributed by atoms with Crippen LogP contribution in [0.4, 0.5) is 0 Å². The van der Waals surface area contributed by atoms with Crippen molar-refractivity contribution in [2.24, 2.45) is 0 Å². The monoisotopic (exact) mass is 481 g/mol. The molecule has 0 atom stereocenters. The first-order valence-corrected chi connectivity index (χ1v) is 12.0. The zero-order valence-electron chi connectivity index (χ0n) is 18.5. The Morgan fingerprint density at radius 2 is 1.88 bits per heavy atom. The number of methoxy groups -OCH3 is 2. The maximum absolute atomic E-state index is 13.4. The summed E-state index contributed by atoms with van der Waals surface area (Å²) in [6.07, 6.45) is 0. The van der Waals surface area contributed by atoms with E-state index in [-0.39, 0.29) is 17.2 Å². The third-order valence-corrected chi connectivity index (χ3v) is 6.88. The highest BCUT2D eigenvalue weighted by Gasteiger charge is 2.18. The minimum absolute atomic E-state index is 0.0466. The summed E-state index contributed by atoms with van der Waals surface area (Å²) in [6, 6.07) is 16.4. The number of benzene rings is 2. The molecule has 0 saturated heterocycles. The van der Waals surface area contributed by atoms with Crippen LogP contribution in [0.5, 0.6) is 11.5 Å². The molecule has 0 unspecified atom stereocenters. The van der Waals surface area contributed by atoms with Crippen molar-refractivity contribution < 1.29 is 14.3 Å². The number of hydrogen-bond donors (Lipinski definition) is 0. The Morgan fingerprint density at radius 1 is 1.09 bits per heavy atom. The lowest BCUT2D eigenvalue weighted by atomic mass is 10.2. The molecule has 4 aromatic rings. The average molecular weight is 482 g/mol. The second kappa shape index (κ2) is 10.1. The van der Waals surface area contributed by atoms with Crippen LogP contribution in [0.25, 0.3) is 16.6 Å². The quantitative estimate of drug-likeness (QED) is 0.277. The van der Waals surface area contributed by atoms with Gasteiger partial charge < -0.3 is 14.4 Å². The van der Waals surface area contributed by atoms with Gasteiger partial charge in [-0.15, -0.1) is 11.3 Å². The van der Waals surface area contributed by atoms with Gasteiger partial charge in [0.05, 0.1) is 43.1 Å². The van der Waals surface area contributed by atoms with Crippen LogP contribution in [0.15, 0.2) is 69.9 Å². The van der Waals surface area contributed by atoms with Crippen molar-refractivity contribution in [3.8, 4) is 17.2 Å². The van der Waals surface area contributed by atoms with Crippen molar-refractivity contribution in [3.05, 3.63) is 75.2 Å². The van der Waals surface area contributed by atoms with Gasteiger partial charge in [-0.25, -0.2) is 4.98 Å². The van der Waals surface area contributed by atoms with Gasteiger partial charge in [0.15, 0.2) is 16.7 Å². The first kappa shape index (κ1) is 22.9. The van der Waals surface area contributed by atoms with Crippen LogP contribution < -0.4 is 15.0 Å². The number of rotatable bonds is 8. The molecule has 7 nitrogen and oxygen atoms in total. The summed E-state index contributed by atoms with van der Waals surface area (Å²) in [5, 5.41) is 2.92. The van der Waals surface area contributed by atoms with Crippen molar-refractivity contribution in [1.29, 1.82) is 0 Å². The summed E-state index contributed by atoms with van der Waals surface area (Å²) in [5.74, 6) is 1.16. The van der Waals surface area contributed by atoms with E-state index in [9.17, 15) is 9.59 Å². The van der Waals surface area contributed by atoms with E-state index in [0.717, 1.165) is 4.88 Å². The Hall–Kier alpha value is -3.30. The lowest BCUT2D eigenvalue weighted by Crippen LogP contribution is -2.28. The largest absolute Gasteiger partial charge is 0.493 e. The molecule has 0 fully saturated rings. The number of para-hydroxylation sites is 1. The fourth-order valence-corrected chi connectivity index (χ4v) is 5.07. The molecule has 2 heterocycles. The Morgan fingerprint density at radius 3 is 2.61 bits per heavy atom. The van der Waals surface area contributed by atoms with E-state index < -0.39 is 0 Å². The topological polar surface area (TPSA) is 73.7 Å². The molecule has 0 spiro atoms. The molecule has 170 valence electrons. The van der Waals surface area contributed by atoms with Crippen molar-refractivity contribution in [3.63, 3.8) is 0 Å². The number of thioether (sulfide) groups is 1. The zero-order valence-corrected chi connectivity index (χ0v) is 20.1. The summed E-state index contributed by atoms with van der Waals surface area (Å²) < 4.78 is 12.3. The predicted molar refractivity (Wildman–Crippen MR) is 132 cm³/mol. The maximum Gasteiger partial charge on any atom is 0.266 e. The lowest BCUT2D eigenvalue weighted by Gasteiger charge is -2.18. The molecule has 0 saturated carbocycles. The summed E-state index contributed by atoms with van der Waals surface area (Å²) in [4.78, 5) is 33.7. The van der Waals surface area contributed by atoms with Gasteiger partial charge in [0.2, 0.25) is 5.91 Å². The number of amides is 1. The van der Waals surface area contributed by atoms with E-state index >= 15 is 0 Å². The number of nitrogens with zero attached hydrogens (tertiary/aromatic N) is 3. The SMILES string of the molecule is COc1ccc(-n2c(SCC(=O)N(C)Cc3cccs3)nc3ccccc3c2=O)cc1OC. The summed E-state index contributed by atoms with van der Waals surface area (Å²) in [7, 11) is 4.87. The molecule has 0 aliphatic rings. The predicted octanol–water partition coefficient (Wildman–Crippen LogP) is 4.22. The molecular weight excluding hydrogens is 458 g/mol. The van der Waals surface area contributed by atoms with Gasteiger partial charge >= 0.3 is 0 Å².